The van der Waals surface area contributed by atoms with Crippen molar-refractivity contribution in [2.45, 2.75) is 25.4 Å². The molecule has 3 aromatic rings. The van der Waals surface area contributed by atoms with Crippen LogP contribution in [0.5, 0.6) is 0 Å². The van der Waals surface area contributed by atoms with Gasteiger partial charge in [-0.05, 0) is 42.1 Å². The van der Waals surface area contributed by atoms with Crippen LogP contribution in [-0.4, -0.2) is 27.5 Å². The molecule has 4 rings (SSSR count). The fourth-order valence-corrected chi connectivity index (χ4v) is 3.86. The zero-order valence-electron chi connectivity index (χ0n) is 13.0. The predicted molar refractivity (Wildman–Crippen MR) is 94.7 cm³/mol. The van der Waals surface area contributed by atoms with Gasteiger partial charge in [0.2, 0.25) is 5.28 Å². The Morgan fingerprint density at radius 2 is 1.65 bits per heavy atom. The Bertz CT molecular complexity index is 789. The molecule has 23 heavy (non-hydrogen) atoms. The van der Waals surface area contributed by atoms with Crippen LogP contribution in [0.1, 0.15) is 24.4 Å². The van der Waals surface area contributed by atoms with Gasteiger partial charge >= 0.3 is 0 Å². The third kappa shape index (κ3) is 2.99. The summed E-state index contributed by atoms with van der Waals surface area (Å²) in [5.74, 6) is 0. The summed E-state index contributed by atoms with van der Waals surface area (Å²) in [5.41, 5.74) is 3.53. The van der Waals surface area contributed by atoms with Crippen LogP contribution in [0, 0.1) is 0 Å². The monoisotopic (exact) mass is 325 g/mol. The fourth-order valence-electron chi connectivity index (χ4n) is 3.54. The van der Waals surface area contributed by atoms with Gasteiger partial charge in [0.05, 0.1) is 11.0 Å². The van der Waals surface area contributed by atoms with Crippen LogP contribution in [0.4, 0.5) is 0 Å². The summed E-state index contributed by atoms with van der Waals surface area (Å²) < 4.78 is 2.22. The normalized spacial score (nSPS) is 16.9. The first-order valence-corrected chi connectivity index (χ1v) is 8.58. The van der Waals surface area contributed by atoms with Crippen LogP contribution < -0.4 is 0 Å². The predicted octanol–water partition coefficient (Wildman–Crippen LogP) is 4.53. The van der Waals surface area contributed by atoms with E-state index in [1.54, 1.807) is 0 Å². The van der Waals surface area contributed by atoms with Crippen molar-refractivity contribution in [1.29, 1.82) is 0 Å². The molecule has 3 nitrogen and oxygen atoms in total. The Hall–Kier alpha value is -1.84. The first-order valence-electron chi connectivity index (χ1n) is 8.20. The fraction of sp³-hybridized carbons (Fsp3) is 0.316. The molecule has 0 atom stereocenters. The zero-order valence-corrected chi connectivity index (χ0v) is 13.8. The van der Waals surface area contributed by atoms with E-state index in [9.17, 15) is 0 Å². The highest BCUT2D eigenvalue weighted by Gasteiger charge is 2.23. The number of hydrogen-bond donors (Lipinski definition) is 0. The van der Waals surface area contributed by atoms with Crippen LogP contribution in [0.25, 0.3) is 11.0 Å². The molecule has 0 bridgehead atoms. The molecule has 0 radical (unpaired) electrons. The van der Waals surface area contributed by atoms with Crippen LogP contribution in [0.15, 0.2) is 54.6 Å². The molecule has 0 amide bonds. The van der Waals surface area contributed by atoms with E-state index in [0.29, 0.717) is 11.3 Å². The third-order valence-electron chi connectivity index (χ3n) is 4.72. The van der Waals surface area contributed by atoms with Crippen molar-refractivity contribution in [3.8, 4) is 0 Å². The summed E-state index contributed by atoms with van der Waals surface area (Å²) in [7, 11) is 0. The number of aromatic nitrogens is 2. The summed E-state index contributed by atoms with van der Waals surface area (Å²) in [6, 6.07) is 19.4. The Labute approximate surface area is 141 Å². The lowest BCUT2D eigenvalue weighted by Crippen LogP contribution is -2.34. The summed E-state index contributed by atoms with van der Waals surface area (Å²) in [4.78, 5) is 7.02. The molecule has 1 fully saturated rings. The third-order valence-corrected chi connectivity index (χ3v) is 4.99. The van der Waals surface area contributed by atoms with Gasteiger partial charge in [0.25, 0.3) is 0 Å². The molecular formula is C19H20ClN3. The number of rotatable bonds is 3. The summed E-state index contributed by atoms with van der Waals surface area (Å²) in [6.07, 6.45) is 2.24. The number of fused-ring (bicyclic) bond motifs is 1. The summed E-state index contributed by atoms with van der Waals surface area (Å²) in [6.45, 7) is 3.23. The van der Waals surface area contributed by atoms with Crippen molar-refractivity contribution in [2.24, 2.45) is 0 Å². The minimum absolute atomic E-state index is 0.446. The molecule has 4 heteroatoms. The standard InChI is InChI=1S/C19H20ClN3/c20-19-21-17-8-4-5-9-18(17)23(19)16-10-12-22(13-11-16)14-15-6-2-1-3-7-15/h1-9,16H,10-14H2. The Balaban J connectivity index is 1.48. The average Bonchev–Trinajstić information content (AvgIpc) is 2.92. The Kier molecular flexibility index (Phi) is 4.06. The first kappa shape index (κ1) is 14.7. The minimum Gasteiger partial charge on any atom is -0.311 e. The molecule has 1 aliphatic heterocycles. The molecular weight excluding hydrogens is 306 g/mol. The van der Waals surface area contributed by atoms with Gasteiger partial charge in [-0.2, -0.15) is 0 Å². The summed E-state index contributed by atoms with van der Waals surface area (Å²) in [5, 5.41) is 0.618. The van der Waals surface area contributed by atoms with Crippen molar-refractivity contribution in [1.82, 2.24) is 14.5 Å². The van der Waals surface area contributed by atoms with Crippen molar-refractivity contribution in [2.75, 3.05) is 13.1 Å². The van der Waals surface area contributed by atoms with Gasteiger partial charge in [-0.1, -0.05) is 42.5 Å². The van der Waals surface area contributed by atoms with Gasteiger partial charge < -0.3 is 4.57 Å². The van der Waals surface area contributed by atoms with E-state index in [-0.39, 0.29) is 0 Å². The number of benzene rings is 2. The second-order valence-electron chi connectivity index (χ2n) is 6.23. The smallest absolute Gasteiger partial charge is 0.204 e. The number of likely N-dealkylation sites (tertiary alicyclic amines) is 1. The van der Waals surface area contributed by atoms with Crippen molar-refractivity contribution >= 4 is 22.6 Å². The zero-order chi connectivity index (χ0) is 15.6. The van der Waals surface area contributed by atoms with E-state index in [1.165, 1.54) is 5.56 Å². The molecule has 0 saturated carbocycles. The second kappa shape index (κ2) is 6.34. The molecule has 0 aliphatic carbocycles. The molecule has 0 N–H and O–H groups in total. The maximum Gasteiger partial charge on any atom is 0.204 e. The molecule has 118 valence electrons. The van der Waals surface area contributed by atoms with E-state index in [0.717, 1.165) is 43.5 Å². The van der Waals surface area contributed by atoms with E-state index < -0.39 is 0 Å². The maximum atomic E-state index is 6.41. The number of piperidine rings is 1. The highest BCUT2D eigenvalue weighted by atomic mass is 35.5. The van der Waals surface area contributed by atoms with Crippen LogP contribution >= 0.6 is 11.6 Å². The maximum absolute atomic E-state index is 6.41. The molecule has 2 heterocycles. The summed E-state index contributed by atoms with van der Waals surface area (Å²) >= 11 is 6.41. The largest absolute Gasteiger partial charge is 0.311 e. The van der Waals surface area contributed by atoms with Gasteiger partial charge in [-0.25, -0.2) is 4.98 Å². The Morgan fingerprint density at radius 1 is 0.957 bits per heavy atom. The molecule has 1 saturated heterocycles. The number of hydrogen-bond acceptors (Lipinski definition) is 2. The van der Waals surface area contributed by atoms with Gasteiger partial charge in [0, 0.05) is 25.7 Å². The van der Waals surface area contributed by atoms with Crippen LogP contribution in [-0.2, 0) is 6.54 Å². The molecule has 2 aromatic carbocycles. The van der Waals surface area contributed by atoms with Gasteiger partial charge in [-0.3, -0.25) is 4.90 Å². The second-order valence-corrected chi connectivity index (χ2v) is 6.57. The molecule has 1 aromatic heterocycles. The number of nitrogens with zero attached hydrogens (tertiary/aromatic N) is 3. The average molecular weight is 326 g/mol. The number of halogens is 1. The first-order chi connectivity index (χ1) is 11.3. The van der Waals surface area contributed by atoms with Gasteiger partial charge in [-0.15, -0.1) is 0 Å². The topological polar surface area (TPSA) is 21.1 Å². The van der Waals surface area contributed by atoms with Gasteiger partial charge in [0.15, 0.2) is 0 Å². The lowest BCUT2D eigenvalue weighted by molar-refractivity contribution is 0.181. The quantitative estimate of drug-likeness (QED) is 0.705. The van der Waals surface area contributed by atoms with Crippen LogP contribution in [0.3, 0.4) is 0 Å². The molecule has 1 aliphatic rings. The van der Waals surface area contributed by atoms with Crippen molar-refractivity contribution in [3.63, 3.8) is 0 Å². The Morgan fingerprint density at radius 3 is 2.43 bits per heavy atom. The van der Waals surface area contributed by atoms with E-state index >= 15 is 0 Å². The van der Waals surface area contributed by atoms with E-state index in [2.05, 4.69) is 56.9 Å². The highest BCUT2D eigenvalue weighted by molar-refractivity contribution is 6.29. The SMILES string of the molecule is Clc1nc2ccccc2n1C1CCN(Cc2ccccc2)CC1. The molecule has 0 unspecified atom stereocenters. The highest BCUT2D eigenvalue weighted by Crippen LogP contribution is 2.31. The number of para-hydroxylation sites is 2. The lowest BCUT2D eigenvalue weighted by atomic mass is 10.0. The van der Waals surface area contributed by atoms with Crippen molar-refractivity contribution in [3.05, 3.63) is 65.4 Å². The lowest BCUT2D eigenvalue weighted by Gasteiger charge is -2.33. The van der Waals surface area contributed by atoms with Crippen molar-refractivity contribution < 1.29 is 0 Å². The van der Waals surface area contributed by atoms with Gasteiger partial charge in [0.1, 0.15) is 0 Å². The molecule has 0 spiro atoms. The number of imidazole rings is 1. The minimum atomic E-state index is 0.446. The van der Waals surface area contributed by atoms with Crippen LogP contribution in [0.2, 0.25) is 5.28 Å². The van der Waals surface area contributed by atoms with E-state index in [4.69, 9.17) is 11.6 Å². The van der Waals surface area contributed by atoms with E-state index in [1.807, 2.05) is 12.1 Å².